The van der Waals surface area contributed by atoms with Crippen LogP contribution in [0.25, 0.3) is 0 Å². The molecule has 1 nitrogen and oxygen atoms in total. The first-order valence-electron chi connectivity index (χ1n) is 9.98. The van der Waals surface area contributed by atoms with E-state index in [9.17, 15) is 4.79 Å². The molecule has 1 aliphatic heterocycles. The summed E-state index contributed by atoms with van der Waals surface area (Å²) < 4.78 is 0. The van der Waals surface area contributed by atoms with Gasteiger partial charge in [0.15, 0.2) is 0 Å². The predicted molar refractivity (Wildman–Crippen MR) is 105 cm³/mol. The normalized spacial score (nSPS) is 29.2. The molecular weight excluding hydrogens is 308 g/mol. The zero-order valence-corrected chi connectivity index (χ0v) is 16.2. The van der Waals surface area contributed by atoms with E-state index in [0.717, 1.165) is 37.5 Å². The molecule has 1 heterocycles. The van der Waals surface area contributed by atoms with Crippen LogP contribution in [-0.2, 0) is 4.79 Å². The first-order valence-corrected chi connectivity index (χ1v) is 12.5. The smallest absolute Gasteiger partial charge is 0.132 e. The van der Waals surface area contributed by atoms with Crippen LogP contribution in [-0.4, -0.2) is 13.9 Å². The Morgan fingerprint density at radius 3 is 2.25 bits per heavy atom. The van der Waals surface area contributed by atoms with Crippen molar-refractivity contribution in [1.29, 1.82) is 0 Å². The summed E-state index contributed by atoms with van der Waals surface area (Å²) in [6, 6.07) is 14.2. The average molecular weight is 341 g/mol. The molecule has 0 radical (unpaired) electrons. The van der Waals surface area contributed by atoms with Crippen LogP contribution in [0.4, 0.5) is 0 Å². The second-order valence-corrected chi connectivity index (χ2v) is 12.1. The van der Waals surface area contributed by atoms with Gasteiger partial charge in [-0.05, 0) is 43.2 Å². The van der Waals surface area contributed by atoms with Crippen molar-refractivity contribution >= 4 is 19.0 Å². The van der Waals surface area contributed by atoms with E-state index in [1.54, 1.807) is 5.19 Å². The van der Waals surface area contributed by atoms with Gasteiger partial charge < -0.3 is 0 Å². The summed E-state index contributed by atoms with van der Waals surface area (Å²) in [4.78, 5) is 11.5. The number of unbranched alkanes of at least 4 members (excludes halogenated alkanes) is 1. The zero-order valence-electron chi connectivity index (χ0n) is 15.2. The molecular formula is C22H32OSi. The molecule has 3 rings (SSSR count). The molecule has 1 aliphatic carbocycles. The number of allylic oxidation sites excluding steroid dienone is 1. The summed E-state index contributed by atoms with van der Waals surface area (Å²) in [6.45, 7) is 2.27. The number of Topliss-reactive ketones (excluding diaryl/α,β-unsaturated/α-hetero) is 1. The monoisotopic (exact) mass is 340 g/mol. The largest absolute Gasteiger partial charge is 0.300 e. The Hall–Kier alpha value is -1.15. The van der Waals surface area contributed by atoms with Crippen LogP contribution >= 0.6 is 0 Å². The highest BCUT2D eigenvalue weighted by atomic mass is 28.3. The molecule has 0 unspecified atom stereocenters. The van der Waals surface area contributed by atoms with E-state index in [2.05, 4.69) is 49.0 Å². The molecule has 2 aliphatic rings. The van der Waals surface area contributed by atoms with Gasteiger partial charge in [0.1, 0.15) is 13.9 Å². The number of hydrogen-bond acceptors (Lipinski definition) is 1. The molecule has 0 amide bonds. The fraction of sp³-hybridized carbons (Fsp3) is 0.591. The van der Waals surface area contributed by atoms with Crippen LogP contribution in [0, 0.1) is 11.8 Å². The van der Waals surface area contributed by atoms with Crippen LogP contribution in [0.2, 0.25) is 12.1 Å². The fourth-order valence-corrected chi connectivity index (χ4v) is 9.46. The fourth-order valence-electron chi connectivity index (χ4n) is 4.86. The van der Waals surface area contributed by atoms with Gasteiger partial charge in [-0.15, -0.1) is 0 Å². The highest BCUT2D eigenvalue weighted by Crippen LogP contribution is 2.41. The van der Waals surface area contributed by atoms with Gasteiger partial charge >= 0.3 is 0 Å². The van der Waals surface area contributed by atoms with Crippen molar-refractivity contribution in [2.24, 2.45) is 11.8 Å². The van der Waals surface area contributed by atoms with Crippen molar-refractivity contribution in [2.45, 2.75) is 70.4 Å². The maximum atomic E-state index is 11.5. The zero-order chi connectivity index (χ0) is 16.8. The maximum Gasteiger partial charge on any atom is 0.132 e. The Morgan fingerprint density at radius 2 is 1.62 bits per heavy atom. The predicted octanol–water partition coefficient (Wildman–Crippen LogP) is 5.41. The molecule has 1 aromatic carbocycles. The maximum absolute atomic E-state index is 11.5. The molecule has 0 N–H and O–H groups in total. The van der Waals surface area contributed by atoms with E-state index in [1.165, 1.54) is 37.8 Å². The first kappa shape index (κ1) is 17.7. The van der Waals surface area contributed by atoms with Gasteiger partial charge in [-0.3, -0.25) is 4.79 Å². The number of benzene rings is 1. The van der Waals surface area contributed by atoms with Crippen LogP contribution in [0.1, 0.15) is 58.3 Å². The lowest BCUT2D eigenvalue weighted by atomic mass is 9.77. The number of rotatable bonds is 5. The topological polar surface area (TPSA) is 17.1 Å². The minimum absolute atomic E-state index is 0.498. The highest BCUT2D eigenvalue weighted by molar-refractivity contribution is 6.96. The van der Waals surface area contributed by atoms with Crippen molar-refractivity contribution in [1.82, 2.24) is 0 Å². The van der Waals surface area contributed by atoms with Crippen LogP contribution in [0.3, 0.4) is 0 Å². The lowest BCUT2D eigenvalue weighted by molar-refractivity contribution is -0.121. The van der Waals surface area contributed by atoms with E-state index < -0.39 is 8.07 Å². The molecule has 0 bridgehead atoms. The van der Waals surface area contributed by atoms with Gasteiger partial charge in [-0.25, -0.2) is 0 Å². The number of carbonyl (C=O) groups excluding carboxylic acids is 1. The van der Waals surface area contributed by atoms with E-state index >= 15 is 0 Å². The van der Waals surface area contributed by atoms with E-state index in [0.29, 0.717) is 5.78 Å². The second kappa shape index (κ2) is 8.29. The van der Waals surface area contributed by atoms with Gasteiger partial charge in [-0.2, -0.15) is 0 Å². The molecule has 1 aromatic rings. The first-order chi connectivity index (χ1) is 11.7. The van der Waals surface area contributed by atoms with Gasteiger partial charge in [0, 0.05) is 12.8 Å². The Morgan fingerprint density at radius 1 is 1.00 bits per heavy atom. The summed E-state index contributed by atoms with van der Waals surface area (Å²) in [5, 5.41) is 1.63. The Labute approximate surface area is 148 Å². The average Bonchev–Trinajstić information content (AvgIpc) is 2.64. The van der Waals surface area contributed by atoms with Crippen LogP contribution in [0.15, 0.2) is 42.1 Å². The number of carbonyl (C=O) groups is 1. The molecule has 0 atom stereocenters. The quantitative estimate of drug-likeness (QED) is 0.655. The van der Waals surface area contributed by atoms with E-state index in [-0.39, 0.29) is 0 Å². The summed E-state index contributed by atoms with van der Waals surface area (Å²) in [6.07, 6.45) is 11.7. The van der Waals surface area contributed by atoms with E-state index in [1.807, 2.05) is 0 Å². The van der Waals surface area contributed by atoms with Gasteiger partial charge in [0.25, 0.3) is 0 Å². The molecule has 0 spiro atoms. The van der Waals surface area contributed by atoms with Gasteiger partial charge in [-0.1, -0.05) is 73.5 Å². The summed E-state index contributed by atoms with van der Waals surface area (Å²) in [7, 11) is -1.46. The summed E-state index contributed by atoms with van der Waals surface area (Å²) in [5.74, 6) is 2.20. The van der Waals surface area contributed by atoms with Crippen LogP contribution < -0.4 is 5.19 Å². The second-order valence-electron chi connectivity index (χ2n) is 7.93. The Balaban J connectivity index is 1.70. The third-order valence-electron chi connectivity index (χ3n) is 6.42. The third kappa shape index (κ3) is 4.08. The highest BCUT2D eigenvalue weighted by Gasteiger charge is 2.39. The van der Waals surface area contributed by atoms with Gasteiger partial charge in [0.05, 0.1) is 0 Å². The van der Waals surface area contributed by atoms with Crippen molar-refractivity contribution in [3.8, 4) is 0 Å². The Bertz CT molecular complexity index is 545. The molecule has 2 fully saturated rings. The number of hydrogen-bond donors (Lipinski definition) is 0. The van der Waals surface area contributed by atoms with Gasteiger partial charge in [0.2, 0.25) is 0 Å². The summed E-state index contributed by atoms with van der Waals surface area (Å²) >= 11 is 0. The van der Waals surface area contributed by atoms with Crippen molar-refractivity contribution in [3.05, 3.63) is 42.1 Å². The lowest BCUT2D eigenvalue weighted by Gasteiger charge is -2.40. The molecule has 130 valence electrons. The Kier molecular flexibility index (Phi) is 6.10. The number of ketones is 1. The third-order valence-corrected chi connectivity index (χ3v) is 11.1. The van der Waals surface area contributed by atoms with Crippen molar-refractivity contribution in [3.63, 3.8) is 0 Å². The minimum atomic E-state index is -1.46. The summed E-state index contributed by atoms with van der Waals surface area (Å²) in [5.41, 5.74) is 2.66. The molecule has 1 saturated heterocycles. The molecule has 0 aromatic heterocycles. The van der Waals surface area contributed by atoms with E-state index in [4.69, 9.17) is 0 Å². The van der Waals surface area contributed by atoms with Crippen molar-refractivity contribution in [2.75, 3.05) is 0 Å². The molecule has 2 heteroatoms. The molecule has 24 heavy (non-hydrogen) atoms. The molecule has 1 saturated carbocycles. The van der Waals surface area contributed by atoms with Crippen LogP contribution in [0.5, 0.6) is 0 Å². The minimum Gasteiger partial charge on any atom is -0.300 e. The van der Waals surface area contributed by atoms with Crippen molar-refractivity contribution < 1.29 is 4.79 Å². The SMILES string of the molecule is CCC/C=C/[Si]1(c2ccccc2)CCC(C2CCC(=O)CC2)CC1. The lowest BCUT2D eigenvalue weighted by Crippen LogP contribution is -2.49. The standard InChI is InChI=1S/C22H32OSi/c1-2-3-7-16-24(22-8-5-4-6-9-22)17-14-20(15-18-24)19-10-12-21(23)13-11-19/h4-9,16,19-20H,2-3,10-15,17-18H2,1H3/b16-7+.